The Morgan fingerprint density at radius 3 is 2.71 bits per heavy atom. The molecule has 1 aromatic heterocycles. The highest BCUT2D eigenvalue weighted by atomic mass is 32.1. The molecule has 0 atom stereocenters. The van der Waals surface area contributed by atoms with Crippen molar-refractivity contribution >= 4 is 23.2 Å². The summed E-state index contributed by atoms with van der Waals surface area (Å²) in [6, 6.07) is 7.69. The Bertz CT molecular complexity index is 848. The zero-order valence-electron chi connectivity index (χ0n) is 15.7. The Morgan fingerprint density at radius 1 is 1.14 bits per heavy atom. The Hall–Kier alpha value is -2.25. The lowest BCUT2D eigenvalue weighted by Crippen LogP contribution is -2.38. The number of carboxylic acid groups (broad SMARTS) is 1. The van der Waals surface area contributed by atoms with E-state index in [0.717, 1.165) is 49.3 Å². The van der Waals surface area contributed by atoms with Crippen molar-refractivity contribution < 1.29 is 14.7 Å². The van der Waals surface area contributed by atoms with Gasteiger partial charge in [-0.05, 0) is 44.2 Å². The first-order valence-electron chi connectivity index (χ1n) is 9.93. The van der Waals surface area contributed by atoms with E-state index < -0.39 is 5.97 Å². The largest absolute Gasteiger partial charge is 0.481 e. The number of hydrogen-bond acceptors (Lipinski definition) is 5. The van der Waals surface area contributed by atoms with E-state index in [-0.39, 0.29) is 17.9 Å². The lowest BCUT2D eigenvalue weighted by atomic mass is 9.86. The van der Waals surface area contributed by atoms with E-state index in [1.165, 1.54) is 10.6 Å². The number of carbonyl (C=O) groups is 2. The van der Waals surface area contributed by atoms with Crippen molar-refractivity contribution in [2.75, 3.05) is 13.1 Å². The van der Waals surface area contributed by atoms with Crippen LogP contribution in [0, 0.1) is 5.92 Å². The molecule has 0 radical (unpaired) electrons. The summed E-state index contributed by atoms with van der Waals surface area (Å²) < 4.78 is 0. The quantitative estimate of drug-likeness (QED) is 0.735. The van der Waals surface area contributed by atoms with Crippen LogP contribution in [0.2, 0.25) is 0 Å². The zero-order chi connectivity index (χ0) is 19.5. The minimum Gasteiger partial charge on any atom is -0.481 e. The Balaban J connectivity index is 1.44. The number of nitrogens with zero attached hydrogens (tertiary/aromatic N) is 1. The van der Waals surface area contributed by atoms with E-state index >= 15 is 0 Å². The summed E-state index contributed by atoms with van der Waals surface area (Å²) in [5.41, 5.74) is 2.79. The van der Waals surface area contributed by atoms with Gasteiger partial charge in [-0.15, -0.1) is 11.3 Å². The van der Waals surface area contributed by atoms with Crippen LogP contribution < -0.4 is 10.6 Å². The first-order valence-corrected chi connectivity index (χ1v) is 10.7. The predicted octanol–water partition coefficient (Wildman–Crippen LogP) is 2.87. The van der Waals surface area contributed by atoms with E-state index in [1.54, 1.807) is 11.3 Å². The molecule has 1 fully saturated rings. The van der Waals surface area contributed by atoms with Gasteiger partial charge in [-0.25, -0.2) is 4.98 Å². The molecule has 0 unspecified atom stereocenters. The number of carbonyl (C=O) groups excluding carboxylic acids is 1. The van der Waals surface area contributed by atoms with Crippen molar-refractivity contribution in [2.45, 2.75) is 44.6 Å². The third kappa shape index (κ3) is 4.25. The van der Waals surface area contributed by atoms with Crippen molar-refractivity contribution in [3.8, 4) is 10.6 Å². The fourth-order valence-electron chi connectivity index (χ4n) is 3.98. The highest BCUT2D eigenvalue weighted by Crippen LogP contribution is 2.30. The smallest absolute Gasteiger partial charge is 0.306 e. The summed E-state index contributed by atoms with van der Waals surface area (Å²) in [5, 5.41) is 16.5. The van der Waals surface area contributed by atoms with E-state index in [0.29, 0.717) is 18.4 Å². The number of carboxylic acids is 1. The Morgan fingerprint density at radius 2 is 1.93 bits per heavy atom. The fourth-order valence-corrected chi connectivity index (χ4v) is 5.08. The highest BCUT2D eigenvalue weighted by molar-refractivity contribution is 7.15. The van der Waals surface area contributed by atoms with Crippen molar-refractivity contribution in [2.24, 2.45) is 5.92 Å². The highest BCUT2D eigenvalue weighted by Gasteiger charge is 2.27. The first-order chi connectivity index (χ1) is 13.6. The molecule has 1 aliphatic carbocycles. The standard InChI is InChI=1S/C21H25N3O3S/c25-19(23-16-6-4-13(5-7-16)21(26)27)14-2-1-3-15(12-14)20-24-17-8-10-22-11-9-18(17)28-20/h1-3,12-13,16,22H,4-11H2,(H,23,25)(H,26,27)/t13-,16-. The number of aromatic nitrogens is 1. The maximum Gasteiger partial charge on any atom is 0.306 e. The number of aliphatic carboxylic acids is 1. The van der Waals surface area contributed by atoms with Crippen LogP contribution in [0.4, 0.5) is 0 Å². The Kier molecular flexibility index (Phi) is 5.73. The number of rotatable bonds is 4. The van der Waals surface area contributed by atoms with Crippen molar-refractivity contribution in [3.63, 3.8) is 0 Å². The molecule has 1 amide bonds. The van der Waals surface area contributed by atoms with Crippen LogP contribution >= 0.6 is 11.3 Å². The average Bonchev–Trinajstić information content (AvgIpc) is 2.99. The van der Waals surface area contributed by atoms with Gasteiger partial charge in [0, 0.05) is 41.6 Å². The third-order valence-corrected chi connectivity index (χ3v) is 6.84. The van der Waals surface area contributed by atoms with Gasteiger partial charge >= 0.3 is 5.97 Å². The molecule has 2 aromatic rings. The van der Waals surface area contributed by atoms with Crippen LogP contribution in [0.3, 0.4) is 0 Å². The molecule has 0 bridgehead atoms. The molecule has 7 heteroatoms. The summed E-state index contributed by atoms with van der Waals surface area (Å²) in [4.78, 5) is 29.9. The monoisotopic (exact) mass is 399 g/mol. The number of fused-ring (bicyclic) bond motifs is 1. The molecule has 0 spiro atoms. The fraction of sp³-hybridized carbons (Fsp3) is 0.476. The summed E-state index contributed by atoms with van der Waals surface area (Å²) in [6.07, 6.45) is 4.64. The number of amides is 1. The second kappa shape index (κ2) is 8.41. The van der Waals surface area contributed by atoms with E-state index in [1.807, 2.05) is 24.3 Å². The normalized spacial score (nSPS) is 22.1. The number of benzene rings is 1. The summed E-state index contributed by atoms with van der Waals surface area (Å²) in [6.45, 7) is 1.95. The molecule has 28 heavy (non-hydrogen) atoms. The van der Waals surface area contributed by atoms with Gasteiger partial charge in [-0.3, -0.25) is 9.59 Å². The Labute approximate surface area is 168 Å². The van der Waals surface area contributed by atoms with Gasteiger partial charge in [-0.1, -0.05) is 12.1 Å². The van der Waals surface area contributed by atoms with Crippen LogP contribution in [0.15, 0.2) is 24.3 Å². The maximum absolute atomic E-state index is 12.7. The molecule has 1 aliphatic heterocycles. The molecular formula is C21H25N3O3S. The van der Waals surface area contributed by atoms with Crippen molar-refractivity contribution in [1.29, 1.82) is 0 Å². The lowest BCUT2D eigenvalue weighted by molar-refractivity contribution is -0.142. The topological polar surface area (TPSA) is 91.3 Å². The number of thiazole rings is 1. The molecule has 2 aliphatic rings. The van der Waals surface area contributed by atoms with Gasteiger partial charge in [0.15, 0.2) is 0 Å². The summed E-state index contributed by atoms with van der Waals surface area (Å²) in [7, 11) is 0. The molecule has 0 saturated heterocycles. The number of hydrogen-bond donors (Lipinski definition) is 3. The van der Waals surface area contributed by atoms with Gasteiger partial charge < -0.3 is 15.7 Å². The van der Waals surface area contributed by atoms with Crippen molar-refractivity contribution in [1.82, 2.24) is 15.6 Å². The van der Waals surface area contributed by atoms with Crippen LogP contribution in [0.1, 0.15) is 46.6 Å². The second-order valence-corrected chi connectivity index (χ2v) is 8.66. The van der Waals surface area contributed by atoms with Crippen LogP contribution in [-0.2, 0) is 17.6 Å². The average molecular weight is 400 g/mol. The van der Waals surface area contributed by atoms with Gasteiger partial charge in [-0.2, -0.15) is 0 Å². The predicted molar refractivity (Wildman–Crippen MR) is 109 cm³/mol. The van der Waals surface area contributed by atoms with Crippen LogP contribution in [0.25, 0.3) is 10.6 Å². The molecule has 2 heterocycles. The SMILES string of the molecule is O=C(N[C@H]1CC[C@H](C(=O)O)CC1)c1cccc(-c2nc3c(s2)CCNCC3)c1. The molecule has 3 N–H and O–H groups in total. The minimum atomic E-state index is -0.727. The molecule has 1 saturated carbocycles. The minimum absolute atomic E-state index is 0.0511. The summed E-state index contributed by atoms with van der Waals surface area (Å²) >= 11 is 1.72. The van der Waals surface area contributed by atoms with Gasteiger partial charge in [0.1, 0.15) is 5.01 Å². The third-order valence-electron chi connectivity index (χ3n) is 5.63. The molecule has 6 nitrogen and oxygen atoms in total. The maximum atomic E-state index is 12.7. The molecule has 4 rings (SSSR count). The van der Waals surface area contributed by atoms with E-state index in [4.69, 9.17) is 10.1 Å². The van der Waals surface area contributed by atoms with Crippen LogP contribution in [-0.4, -0.2) is 41.1 Å². The second-order valence-electron chi connectivity index (χ2n) is 7.58. The zero-order valence-corrected chi connectivity index (χ0v) is 16.6. The van der Waals surface area contributed by atoms with Gasteiger partial charge in [0.25, 0.3) is 5.91 Å². The van der Waals surface area contributed by atoms with E-state index in [9.17, 15) is 9.59 Å². The van der Waals surface area contributed by atoms with Crippen molar-refractivity contribution in [3.05, 3.63) is 40.4 Å². The van der Waals surface area contributed by atoms with E-state index in [2.05, 4.69) is 10.6 Å². The van der Waals surface area contributed by atoms with Gasteiger partial charge in [0.05, 0.1) is 11.6 Å². The molecular weight excluding hydrogens is 374 g/mol. The van der Waals surface area contributed by atoms with Gasteiger partial charge in [0.2, 0.25) is 0 Å². The summed E-state index contributed by atoms with van der Waals surface area (Å²) in [5.74, 6) is -1.09. The molecule has 1 aromatic carbocycles. The number of nitrogens with one attached hydrogen (secondary N) is 2. The lowest BCUT2D eigenvalue weighted by Gasteiger charge is -2.26. The van der Waals surface area contributed by atoms with Crippen LogP contribution in [0.5, 0.6) is 0 Å². The molecule has 148 valence electrons. The first kappa shape index (κ1) is 19.1.